The van der Waals surface area contributed by atoms with Crippen molar-refractivity contribution in [2.24, 2.45) is 0 Å². The number of hydrogen-bond donors (Lipinski definition) is 1. The standard InChI is InChI=1S/C22H20N2O2/c1-26-20-11-9-17(10-12-20)14-21(19-7-3-2-4-8-19)22(25)24-16-18-6-5-13-23-15-18/h2-15H,16H2,1H3,(H,24,25)/b21-14-. The third-order valence-corrected chi connectivity index (χ3v) is 3.93. The summed E-state index contributed by atoms with van der Waals surface area (Å²) < 4.78 is 5.19. The molecule has 0 atom stereocenters. The molecule has 0 aliphatic rings. The summed E-state index contributed by atoms with van der Waals surface area (Å²) in [6.07, 6.45) is 5.34. The first-order valence-corrected chi connectivity index (χ1v) is 8.34. The zero-order valence-corrected chi connectivity index (χ0v) is 14.6. The zero-order valence-electron chi connectivity index (χ0n) is 14.6. The fourth-order valence-corrected chi connectivity index (χ4v) is 2.54. The fraction of sp³-hybridized carbons (Fsp3) is 0.0909. The molecule has 1 heterocycles. The van der Waals surface area contributed by atoms with Gasteiger partial charge in [-0.25, -0.2) is 0 Å². The number of amides is 1. The molecule has 1 amide bonds. The van der Waals surface area contributed by atoms with Crippen LogP contribution in [0.25, 0.3) is 11.6 Å². The Kier molecular flexibility index (Phi) is 5.78. The van der Waals surface area contributed by atoms with Crippen molar-refractivity contribution < 1.29 is 9.53 Å². The lowest BCUT2D eigenvalue weighted by atomic mass is 10.0. The average molecular weight is 344 g/mol. The van der Waals surface area contributed by atoms with Gasteiger partial charge in [-0.2, -0.15) is 0 Å². The van der Waals surface area contributed by atoms with Crippen molar-refractivity contribution in [1.82, 2.24) is 10.3 Å². The molecule has 1 N–H and O–H groups in total. The molecule has 0 radical (unpaired) electrons. The highest BCUT2D eigenvalue weighted by molar-refractivity contribution is 6.24. The van der Waals surface area contributed by atoms with Crippen LogP contribution >= 0.6 is 0 Å². The maximum atomic E-state index is 12.8. The first-order chi connectivity index (χ1) is 12.8. The summed E-state index contributed by atoms with van der Waals surface area (Å²) in [7, 11) is 1.63. The summed E-state index contributed by atoms with van der Waals surface area (Å²) in [5.74, 6) is 0.653. The van der Waals surface area contributed by atoms with Gasteiger partial charge in [0.25, 0.3) is 5.91 Å². The highest BCUT2D eigenvalue weighted by Gasteiger charge is 2.12. The molecule has 0 bridgehead atoms. The monoisotopic (exact) mass is 344 g/mol. The number of pyridine rings is 1. The molecule has 0 saturated heterocycles. The van der Waals surface area contributed by atoms with E-state index >= 15 is 0 Å². The molecule has 0 saturated carbocycles. The van der Waals surface area contributed by atoms with E-state index in [9.17, 15) is 4.79 Å². The molecule has 130 valence electrons. The SMILES string of the molecule is COc1ccc(/C=C(\C(=O)NCc2cccnc2)c2ccccc2)cc1. The molecule has 0 aliphatic heterocycles. The van der Waals surface area contributed by atoms with Crippen LogP contribution in [-0.2, 0) is 11.3 Å². The molecule has 3 aromatic rings. The van der Waals surface area contributed by atoms with Crippen LogP contribution in [0.3, 0.4) is 0 Å². The second kappa shape index (κ2) is 8.62. The molecular weight excluding hydrogens is 324 g/mol. The van der Waals surface area contributed by atoms with E-state index in [4.69, 9.17) is 4.74 Å². The lowest BCUT2D eigenvalue weighted by Crippen LogP contribution is -2.23. The van der Waals surface area contributed by atoms with E-state index in [-0.39, 0.29) is 5.91 Å². The second-order valence-corrected chi connectivity index (χ2v) is 5.74. The van der Waals surface area contributed by atoms with Crippen molar-refractivity contribution in [2.45, 2.75) is 6.54 Å². The number of carbonyl (C=O) groups is 1. The molecule has 0 fully saturated rings. The average Bonchev–Trinajstić information content (AvgIpc) is 2.72. The summed E-state index contributed by atoms with van der Waals surface area (Å²) in [5, 5.41) is 2.97. The van der Waals surface area contributed by atoms with E-state index in [1.807, 2.05) is 72.8 Å². The lowest BCUT2D eigenvalue weighted by molar-refractivity contribution is -0.115. The molecule has 4 nitrogen and oxygen atoms in total. The molecule has 2 aromatic carbocycles. The lowest BCUT2D eigenvalue weighted by Gasteiger charge is -2.10. The van der Waals surface area contributed by atoms with E-state index in [2.05, 4.69) is 10.3 Å². The van der Waals surface area contributed by atoms with Crippen molar-refractivity contribution in [3.63, 3.8) is 0 Å². The molecule has 0 aliphatic carbocycles. The predicted molar refractivity (Wildman–Crippen MR) is 103 cm³/mol. The Morgan fingerprint density at radius 3 is 2.46 bits per heavy atom. The summed E-state index contributed by atoms with van der Waals surface area (Å²) in [6.45, 7) is 0.430. The van der Waals surface area contributed by atoms with Crippen LogP contribution in [0.1, 0.15) is 16.7 Å². The number of ether oxygens (including phenoxy) is 1. The molecule has 3 rings (SSSR count). The summed E-state index contributed by atoms with van der Waals surface area (Å²) >= 11 is 0. The van der Waals surface area contributed by atoms with Gasteiger partial charge in [-0.15, -0.1) is 0 Å². The van der Waals surface area contributed by atoms with E-state index in [1.54, 1.807) is 19.5 Å². The fourth-order valence-electron chi connectivity index (χ4n) is 2.54. The smallest absolute Gasteiger partial charge is 0.252 e. The largest absolute Gasteiger partial charge is 0.497 e. The zero-order chi connectivity index (χ0) is 18.2. The van der Waals surface area contributed by atoms with Gasteiger partial charge in [0.05, 0.1) is 7.11 Å². The van der Waals surface area contributed by atoms with Gasteiger partial charge in [0.15, 0.2) is 0 Å². The Morgan fingerprint density at radius 2 is 1.81 bits per heavy atom. The van der Waals surface area contributed by atoms with Crippen molar-refractivity contribution in [3.05, 3.63) is 95.8 Å². The number of carbonyl (C=O) groups excluding carboxylic acids is 1. The highest BCUT2D eigenvalue weighted by Crippen LogP contribution is 2.20. The number of rotatable bonds is 6. The second-order valence-electron chi connectivity index (χ2n) is 5.74. The number of hydrogen-bond acceptors (Lipinski definition) is 3. The van der Waals surface area contributed by atoms with Gasteiger partial charge in [0.2, 0.25) is 0 Å². The van der Waals surface area contributed by atoms with Crippen LogP contribution in [0.15, 0.2) is 79.1 Å². The third-order valence-electron chi connectivity index (χ3n) is 3.93. The van der Waals surface area contributed by atoms with Crippen molar-refractivity contribution in [2.75, 3.05) is 7.11 Å². The summed E-state index contributed by atoms with van der Waals surface area (Å²) in [6, 6.07) is 21.0. The minimum Gasteiger partial charge on any atom is -0.497 e. The van der Waals surface area contributed by atoms with Gasteiger partial charge < -0.3 is 10.1 Å². The Bertz CT molecular complexity index is 873. The summed E-state index contributed by atoms with van der Waals surface area (Å²) in [5.41, 5.74) is 3.37. The number of benzene rings is 2. The van der Waals surface area contributed by atoms with E-state index in [1.165, 1.54) is 0 Å². The van der Waals surface area contributed by atoms with Gasteiger partial charge in [-0.05, 0) is 41.0 Å². The molecular formula is C22H20N2O2. The number of nitrogens with one attached hydrogen (secondary N) is 1. The van der Waals surface area contributed by atoms with Crippen LogP contribution in [0, 0.1) is 0 Å². The van der Waals surface area contributed by atoms with Gasteiger partial charge in [0.1, 0.15) is 5.75 Å². The topological polar surface area (TPSA) is 51.2 Å². The highest BCUT2D eigenvalue weighted by atomic mass is 16.5. The first kappa shape index (κ1) is 17.4. The van der Waals surface area contributed by atoms with Gasteiger partial charge in [0, 0.05) is 24.5 Å². The maximum absolute atomic E-state index is 12.8. The minimum absolute atomic E-state index is 0.129. The van der Waals surface area contributed by atoms with Crippen molar-refractivity contribution in [1.29, 1.82) is 0 Å². The normalized spacial score (nSPS) is 11.0. The predicted octanol–water partition coefficient (Wildman–Crippen LogP) is 3.95. The van der Waals surface area contributed by atoms with Crippen LogP contribution < -0.4 is 10.1 Å². The Labute approximate surface area is 153 Å². The molecule has 0 unspecified atom stereocenters. The molecule has 4 heteroatoms. The molecule has 0 spiro atoms. The summed E-state index contributed by atoms with van der Waals surface area (Å²) in [4.78, 5) is 16.9. The Hall–Kier alpha value is -3.40. The van der Waals surface area contributed by atoms with Gasteiger partial charge in [-0.1, -0.05) is 48.5 Å². The van der Waals surface area contributed by atoms with Crippen molar-refractivity contribution >= 4 is 17.6 Å². The van der Waals surface area contributed by atoms with Crippen LogP contribution in [-0.4, -0.2) is 18.0 Å². The van der Waals surface area contributed by atoms with E-state index < -0.39 is 0 Å². The Balaban J connectivity index is 1.85. The Morgan fingerprint density at radius 1 is 1.04 bits per heavy atom. The third kappa shape index (κ3) is 4.57. The first-order valence-electron chi connectivity index (χ1n) is 8.34. The van der Waals surface area contributed by atoms with Crippen LogP contribution in [0.5, 0.6) is 5.75 Å². The number of aromatic nitrogens is 1. The van der Waals surface area contributed by atoms with Crippen LogP contribution in [0.2, 0.25) is 0 Å². The molecule has 1 aromatic heterocycles. The number of nitrogens with zero attached hydrogens (tertiary/aromatic N) is 1. The van der Waals surface area contributed by atoms with Crippen molar-refractivity contribution in [3.8, 4) is 5.75 Å². The van der Waals surface area contributed by atoms with E-state index in [0.29, 0.717) is 12.1 Å². The number of methoxy groups -OCH3 is 1. The minimum atomic E-state index is -0.129. The maximum Gasteiger partial charge on any atom is 0.252 e. The van der Waals surface area contributed by atoms with Crippen LogP contribution in [0.4, 0.5) is 0 Å². The van der Waals surface area contributed by atoms with E-state index in [0.717, 1.165) is 22.4 Å². The van der Waals surface area contributed by atoms with Gasteiger partial charge >= 0.3 is 0 Å². The quantitative estimate of drug-likeness (QED) is 0.544. The molecule has 26 heavy (non-hydrogen) atoms. The van der Waals surface area contributed by atoms with Gasteiger partial charge in [-0.3, -0.25) is 9.78 Å².